The van der Waals surface area contributed by atoms with Gasteiger partial charge >= 0.3 is 0 Å². The molecule has 0 saturated carbocycles. The minimum absolute atomic E-state index is 0.147. The number of rotatable bonds is 5. The molecule has 4 heteroatoms. The van der Waals surface area contributed by atoms with E-state index in [1.54, 1.807) is 12.1 Å². The molecule has 0 aliphatic heterocycles. The fourth-order valence-corrected chi connectivity index (χ4v) is 1.83. The number of amides is 1. The maximum absolute atomic E-state index is 13.4. The van der Waals surface area contributed by atoms with Gasteiger partial charge in [-0.15, -0.1) is 0 Å². The first-order valence-corrected chi connectivity index (χ1v) is 6.45. The number of nitrogens with one attached hydrogen (secondary N) is 1. The Bertz CT molecular complexity index is 599. The van der Waals surface area contributed by atoms with Crippen LogP contribution in [0.25, 0.3) is 0 Å². The summed E-state index contributed by atoms with van der Waals surface area (Å²) < 4.78 is 18.8. The zero-order valence-corrected chi connectivity index (χ0v) is 11.2. The number of hydrogen-bond acceptors (Lipinski definition) is 2. The number of halogens is 1. The summed E-state index contributed by atoms with van der Waals surface area (Å²) in [6.45, 7) is 1.87. The van der Waals surface area contributed by atoms with Gasteiger partial charge < -0.3 is 10.1 Å². The van der Waals surface area contributed by atoms with Crippen molar-refractivity contribution in [2.75, 3.05) is 11.9 Å². The first-order valence-electron chi connectivity index (χ1n) is 6.45. The van der Waals surface area contributed by atoms with E-state index in [2.05, 4.69) is 5.32 Å². The molecule has 0 aromatic heterocycles. The van der Waals surface area contributed by atoms with Crippen LogP contribution in [0.3, 0.4) is 0 Å². The lowest BCUT2D eigenvalue weighted by Crippen LogP contribution is -2.21. The number of ether oxygens (including phenoxy) is 1. The number of aryl methyl sites for hydroxylation is 1. The first-order chi connectivity index (χ1) is 9.70. The molecule has 0 atom stereocenters. The van der Waals surface area contributed by atoms with Crippen molar-refractivity contribution in [2.45, 2.75) is 13.3 Å². The molecule has 104 valence electrons. The molecule has 3 nitrogen and oxygen atoms in total. The molecule has 2 rings (SSSR count). The van der Waals surface area contributed by atoms with Gasteiger partial charge in [0.15, 0.2) is 6.61 Å². The van der Waals surface area contributed by atoms with Gasteiger partial charge in [-0.3, -0.25) is 4.79 Å². The quantitative estimate of drug-likeness (QED) is 0.906. The van der Waals surface area contributed by atoms with Gasteiger partial charge in [0.1, 0.15) is 11.6 Å². The number of carbonyl (C=O) groups excluding carboxylic acids is 1. The van der Waals surface area contributed by atoms with Gasteiger partial charge in [-0.05, 0) is 30.2 Å². The van der Waals surface area contributed by atoms with Crippen molar-refractivity contribution in [2.24, 2.45) is 0 Å². The van der Waals surface area contributed by atoms with Crippen molar-refractivity contribution in [3.05, 3.63) is 59.9 Å². The van der Waals surface area contributed by atoms with Crippen molar-refractivity contribution in [3.8, 4) is 5.75 Å². The zero-order chi connectivity index (χ0) is 14.4. The summed E-state index contributed by atoms with van der Waals surface area (Å²) >= 11 is 0. The van der Waals surface area contributed by atoms with Gasteiger partial charge in [0.2, 0.25) is 0 Å². The Kier molecular flexibility index (Phi) is 4.71. The molecule has 2 aromatic carbocycles. The second-order valence-electron chi connectivity index (χ2n) is 4.28. The molecule has 0 fully saturated rings. The third-order valence-electron chi connectivity index (χ3n) is 2.86. The number of anilines is 1. The van der Waals surface area contributed by atoms with Gasteiger partial charge in [0.25, 0.3) is 5.91 Å². The van der Waals surface area contributed by atoms with Gasteiger partial charge in [-0.1, -0.05) is 37.3 Å². The van der Waals surface area contributed by atoms with E-state index >= 15 is 0 Å². The second-order valence-corrected chi connectivity index (χ2v) is 4.28. The smallest absolute Gasteiger partial charge is 0.262 e. The highest BCUT2D eigenvalue weighted by Gasteiger charge is 2.08. The maximum Gasteiger partial charge on any atom is 0.262 e. The molecule has 0 heterocycles. The summed E-state index contributed by atoms with van der Waals surface area (Å²) in [5.74, 6) is -0.172. The number of carbonyl (C=O) groups is 1. The van der Waals surface area contributed by atoms with E-state index in [4.69, 9.17) is 4.74 Å². The summed E-state index contributed by atoms with van der Waals surface area (Å²) in [4.78, 5) is 11.7. The van der Waals surface area contributed by atoms with Crippen molar-refractivity contribution >= 4 is 11.6 Å². The van der Waals surface area contributed by atoms with E-state index < -0.39 is 5.82 Å². The van der Waals surface area contributed by atoms with E-state index in [9.17, 15) is 9.18 Å². The van der Waals surface area contributed by atoms with Crippen LogP contribution >= 0.6 is 0 Å². The molecule has 0 unspecified atom stereocenters. The predicted octanol–water partition coefficient (Wildman–Crippen LogP) is 3.41. The Morgan fingerprint density at radius 3 is 2.60 bits per heavy atom. The van der Waals surface area contributed by atoms with Crippen molar-refractivity contribution < 1.29 is 13.9 Å². The summed E-state index contributed by atoms with van der Waals surface area (Å²) in [5.41, 5.74) is 1.19. The number of benzene rings is 2. The molecule has 1 N–H and O–H groups in total. The molecule has 20 heavy (non-hydrogen) atoms. The van der Waals surface area contributed by atoms with Crippen LogP contribution < -0.4 is 10.1 Å². The average molecular weight is 273 g/mol. The molecule has 0 aliphatic carbocycles. The first kappa shape index (κ1) is 14.1. The molecule has 0 radical (unpaired) electrons. The Balaban J connectivity index is 1.94. The highest BCUT2D eigenvalue weighted by atomic mass is 19.1. The van der Waals surface area contributed by atoms with Gasteiger partial charge in [0.05, 0.1) is 5.69 Å². The Labute approximate surface area is 117 Å². The van der Waals surface area contributed by atoms with Crippen LogP contribution in [0.15, 0.2) is 48.5 Å². The van der Waals surface area contributed by atoms with Crippen molar-refractivity contribution in [1.29, 1.82) is 0 Å². The largest absolute Gasteiger partial charge is 0.483 e. The van der Waals surface area contributed by atoms with Crippen LogP contribution in [0.2, 0.25) is 0 Å². The average Bonchev–Trinajstić information content (AvgIpc) is 2.48. The maximum atomic E-state index is 13.4. The van der Waals surface area contributed by atoms with E-state index in [-0.39, 0.29) is 18.2 Å². The third-order valence-corrected chi connectivity index (χ3v) is 2.86. The van der Waals surface area contributed by atoms with Gasteiger partial charge in [0, 0.05) is 0 Å². The molecular formula is C16H16FNO2. The second kappa shape index (κ2) is 6.70. The molecule has 1 amide bonds. The van der Waals surface area contributed by atoms with Crippen LogP contribution in [0, 0.1) is 5.82 Å². The molecule has 0 saturated heterocycles. The lowest BCUT2D eigenvalue weighted by Gasteiger charge is -2.10. The molecular weight excluding hydrogens is 257 g/mol. The lowest BCUT2D eigenvalue weighted by atomic mass is 10.1. The van der Waals surface area contributed by atoms with Crippen molar-refractivity contribution in [1.82, 2.24) is 0 Å². The number of hydrogen-bond donors (Lipinski definition) is 1. The van der Waals surface area contributed by atoms with E-state index in [0.29, 0.717) is 5.75 Å². The van der Waals surface area contributed by atoms with Crippen LogP contribution in [0.5, 0.6) is 5.75 Å². The van der Waals surface area contributed by atoms with Crippen LogP contribution in [-0.2, 0) is 11.2 Å². The summed E-state index contributed by atoms with van der Waals surface area (Å²) in [6.07, 6.45) is 0.825. The van der Waals surface area contributed by atoms with Crippen LogP contribution in [-0.4, -0.2) is 12.5 Å². The topological polar surface area (TPSA) is 38.3 Å². The summed E-state index contributed by atoms with van der Waals surface area (Å²) in [7, 11) is 0. The van der Waals surface area contributed by atoms with Crippen LogP contribution in [0.4, 0.5) is 10.1 Å². The molecule has 2 aromatic rings. The van der Waals surface area contributed by atoms with Gasteiger partial charge in [-0.2, -0.15) is 0 Å². The van der Waals surface area contributed by atoms with Crippen LogP contribution in [0.1, 0.15) is 12.5 Å². The van der Waals surface area contributed by atoms with Crippen molar-refractivity contribution in [3.63, 3.8) is 0 Å². The lowest BCUT2D eigenvalue weighted by molar-refractivity contribution is -0.118. The zero-order valence-electron chi connectivity index (χ0n) is 11.2. The Hall–Kier alpha value is -2.36. The third kappa shape index (κ3) is 3.57. The SMILES string of the molecule is CCc1ccccc1OCC(=O)Nc1ccccc1F. The standard InChI is InChI=1S/C16H16FNO2/c1-2-12-7-3-6-10-15(12)20-11-16(19)18-14-9-5-4-8-13(14)17/h3-10H,2,11H2,1H3,(H,18,19). The molecule has 0 spiro atoms. The minimum Gasteiger partial charge on any atom is -0.483 e. The Morgan fingerprint density at radius 1 is 1.15 bits per heavy atom. The highest BCUT2D eigenvalue weighted by molar-refractivity contribution is 5.91. The Morgan fingerprint density at radius 2 is 1.85 bits per heavy atom. The minimum atomic E-state index is -0.463. The summed E-state index contributed by atoms with van der Waals surface area (Å²) in [5, 5.41) is 2.48. The van der Waals surface area contributed by atoms with E-state index in [1.165, 1.54) is 12.1 Å². The van der Waals surface area contributed by atoms with Gasteiger partial charge in [-0.25, -0.2) is 4.39 Å². The fourth-order valence-electron chi connectivity index (χ4n) is 1.83. The van der Waals surface area contributed by atoms with E-state index in [0.717, 1.165) is 12.0 Å². The monoisotopic (exact) mass is 273 g/mol. The normalized spacial score (nSPS) is 10.1. The fraction of sp³-hybridized carbons (Fsp3) is 0.188. The summed E-state index contributed by atoms with van der Waals surface area (Å²) in [6, 6.07) is 13.6. The molecule has 0 aliphatic rings. The van der Waals surface area contributed by atoms with E-state index in [1.807, 2.05) is 31.2 Å². The molecule has 0 bridgehead atoms. The predicted molar refractivity (Wildman–Crippen MR) is 76.3 cm³/mol. The number of para-hydroxylation sites is 2. The highest BCUT2D eigenvalue weighted by Crippen LogP contribution is 2.18.